The summed E-state index contributed by atoms with van der Waals surface area (Å²) in [4.78, 5) is 14.7. The highest BCUT2D eigenvalue weighted by atomic mass is 16.5. The second-order valence-corrected chi connectivity index (χ2v) is 7.61. The lowest BCUT2D eigenvalue weighted by atomic mass is 9.97. The largest absolute Gasteiger partial charge is 0.508 e. The Balaban J connectivity index is 1.78. The summed E-state index contributed by atoms with van der Waals surface area (Å²) in [5, 5.41) is 10.9. The monoisotopic (exact) mass is 380 g/mol. The van der Waals surface area contributed by atoms with Crippen LogP contribution in [0.25, 0.3) is 22.2 Å². The van der Waals surface area contributed by atoms with Crippen molar-refractivity contribution in [2.24, 2.45) is 11.8 Å². The average Bonchev–Trinajstić information content (AvgIpc) is 3.13. The topological polar surface area (TPSA) is 97.4 Å². The number of ether oxygens (including phenoxy) is 1. The molecule has 0 bridgehead atoms. The van der Waals surface area contributed by atoms with E-state index in [-0.39, 0.29) is 29.4 Å². The third-order valence-electron chi connectivity index (χ3n) is 5.97. The van der Waals surface area contributed by atoms with Gasteiger partial charge in [-0.3, -0.25) is 0 Å². The van der Waals surface area contributed by atoms with Crippen LogP contribution in [0.5, 0.6) is 5.75 Å². The molecule has 144 valence electrons. The lowest BCUT2D eigenvalue weighted by Gasteiger charge is -2.23. The average molecular weight is 380 g/mol. The summed E-state index contributed by atoms with van der Waals surface area (Å²) in [6.07, 6.45) is 1.36. The number of nitrogens with two attached hydrogens (primary N) is 1. The Kier molecular flexibility index (Phi) is 3.04. The smallest absolute Gasteiger partial charge is 0.134 e. The molecular formula is C21H23N5O2. The molecule has 7 heteroatoms. The number of anilines is 2. The Bertz CT molecular complexity index is 1190. The van der Waals surface area contributed by atoms with Gasteiger partial charge in [-0.05, 0) is 31.5 Å². The van der Waals surface area contributed by atoms with Crippen molar-refractivity contribution in [2.75, 3.05) is 30.8 Å². The highest BCUT2D eigenvalue weighted by molar-refractivity contribution is 5.99. The minimum absolute atomic E-state index is 0.129. The van der Waals surface area contributed by atoms with Crippen molar-refractivity contribution in [3.63, 3.8) is 0 Å². The van der Waals surface area contributed by atoms with Gasteiger partial charge in [-0.15, -0.1) is 0 Å². The zero-order chi connectivity index (χ0) is 22.1. The Morgan fingerprint density at radius 1 is 1.25 bits per heavy atom. The lowest BCUT2D eigenvalue weighted by molar-refractivity contribution is 0.160. The molecule has 28 heavy (non-hydrogen) atoms. The van der Waals surface area contributed by atoms with Gasteiger partial charge >= 0.3 is 0 Å². The normalized spacial score (nSPS) is 25.1. The minimum atomic E-state index is -2.39. The summed E-state index contributed by atoms with van der Waals surface area (Å²) in [6.45, 7) is 2.43. The molecule has 2 aromatic heterocycles. The molecule has 0 spiro atoms. The second-order valence-electron chi connectivity index (χ2n) is 7.61. The van der Waals surface area contributed by atoms with Gasteiger partial charge in [0.25, 0.3) is 0 Å². The standard InChI is InChI=1S/C21H23N5O2/c1-10-4-5-15(27)11(2)17(10)19-18-12(21(22)24-9-23-18)6-16(25-19)26(3)20-13-7-28-8-14(13)20/h4-6,9,13-14,20,27H,7-8H2,1-3H3,(H2,22,23,24)/t13-,14+,20?/i3D3. The first kappa shape index (κ1) is 14.1. The van der Waals surface area contributed by atoms with Gasteiger partial charge in [0.05, 0.1) is 18.9 Å². The first-order valence-electron chi connectivity index (χ1n) is 10.8. The molecule has 0 amide bonds. The quantitative estimate of drug-likeness (QED) is 0.721. The van der Waals surface area contributed by atoms with Crippen molar-refractivity contribution in [1.82, 2.24) is 15.0 Å². The highest BCUT2D eigenvalue weighted by Crippen LogP contribution is 2.49. The van der Waals surface area contributed by atoms with Crippen molar-refractivity contribution in [1.29, 1.82) is 0 Å². The number of hydrogen-bond acceptors (Lipinski definition) is 7. The van der Waals surface area contributed by atoms with E-state index in [4.69, 9.17) is 19.6 Å². The van der Waals surface area contributed by atoms with E-state index in [1.165, 1.54) is 11.2 Å². The maximum atomic E-state index is 10.3. The van der Waals surface area contributed by atoms with Crippen molar-refractivity contribution in [3.05, 3.63) is 35.7 Å². The number of benzene rings is 1. The molecule has 2 aliphatic rings. The number of nitrogens with zero attached hydrogens (tertiary/aromatic N) is 4. The number of nitrogen functional groups attached to an aromatic ring is 1. The fourth-order valence-electron chi connectivity index (χ4n) is 4.31. The maximum absolute atomic E-state index is 10.3. The molecule has 3 heterocycles. The molecule has 1 unspecified atom stereocenters. The minimum Gasteiger partial charge on any atom is -0.508 e. The van der Waals surface area contributed by atoms with Gasteiger partial charge in [-0.25, -0.2) is 15.0 Å². The Labute approximate surface area is 167 Å². The fraction of sp³-hybridized carbons (Fsp3) is 0.381. The zero-order valence-electron chi connectivity index (χ0n) is 18.7. The van der Waals surface area contributed by atoms with E-state index in [0.717, 1.165) is 5.56 Å². The molecule has 1 aliphatic carbocycles. The third kappa shape index (κ3) is 2.43. The molecule has 1 saturated carbocycles. The Hall–Kier alpha value is -2.93. The van der Waals surface area contributed by atoms with Crippen LogP contribution in [-0.2, 0) is 4.74 Å². The van der Waals surface area contributed by atoms with E-state index in [1.807, 2.05) is 6.92 Å². The third-order valence-corrected chi connectivity index (χ3v) is 5.97. The molecule has 3 atom stereocenters. The van der Waals surface area contributed by atoms with Crippen LogP contribution < -0.4 is 10.6 Å². The summed E-state index contributed by atoms with van der Waals surface area (Å²) in [5.41, 5.74) is 9.38. The van der Waals surface area contributed by atoms with Crippen molar-refractivity contribution >= 4 is 22.5 Å². The molecule has 0 radical (unpaired) electrons. The van der Waals surface area contributed by atoms with Crippen LogP contribution in [0, 0.1) is 25.7 Å². The van der Waals surface area contributed by atoms with Crippen LogP contribution in [0.2, 0.25) is 0 Å². The van der Waals surface area contributed by atoms with E-state index in [1.54, 1.807) is 25.1 Å². The first-order valence-corrected chi connectivity index (χ1v) is 9.26. The van der Waals surface area contributed by atoms with Gasteiger partial charge in [0.1, 0.15) is 29.2 Å². The molecule has 7 nitrogen and oxygen atoms in total. The number of aromatic nitrogens is 3. The van der Waals surface area contributed by atoms with Crippen molar-refractivity contribution in [3.8, 4) is 17.0 Å². The number of pyridine rings is 1. The predicted molar refractivity (Wildman–Crippen MR) is 108 cm³/mol. The van der Waals surface area contributed by atoms with Crippen molar-refractivity contribution < 1.29 is 14.0 Å². The van der Waals surface area contributed by atoms with Crippen LogP contribution in [0.4, 0.5) is 11.6 Å². The van der Waals surface area contributed by atoms with Gasteiger partial charge in [0.15, 0.2) is 0 Å². The van der Waals surface area contributed by atoms with Gasteiger partial charge in [-0.2, -0.15) is 0 Å². The lowest BCUT2D eigenvalue weighted by Crippen LogP contribution is -2.26. The van der Waals surface area contributed by atoms with E-state index in [0.29, 0.717) is 46.8 Å². The summed E-state index contributed by atoms with van der Waals surface area (Å²) in [6, 6.07) is 4.91. The van der Waals surface area contributed by atoms with Gasteiger partial charge < -0.3 is 20.5 Å². The maximum Gasteiger partial charge on any atom is 0.134 e. The van der Waals surface area contributed by atoms with Crippen LogP contribution in [0.1, 0.15) is 15.2 Å². The molecule has 2 fully saturated rings. The molecule has 5 rings (SSSR count). The molecule has 1 saturated heterocycles. The van der Waals surface area contributed by atoms with E-state index in [9.17, 15) is 5.11 Å². The molecule has 1 aromatic carbocycles. The number of fused-ring (bicyclic) bond motifs is 2. The molecule has 3 N–H and O–H groups in total. The first-order chi connectivity index (χ1) is 14.7. The number of hydrogen-bond donors (Lipinski definition) is 2. The van der Waals surface area contributed by atoms with Crippen LogP contribution in [-0.4, -0.2) is 46.3 Å². The fourth-order valence-corrected chi connectivity index (χ4v) is 4.31. The number of aromatic hydroxyl groups is 1. The van der Waals surface area contributed by atoms with Crippen LogP contribution in [0.3, 0.4) is 0 Å². The predicted octanol–water partition coefficient (Wildman–Crippen LogP) is 2.68. The van der Waals surface area contributed by atoms with Gasteiger partial charge in [0.2, 0.25) is 0 Å². The summed E-state index contributed by atoms with van der Waals surface area (Å²) >= 11 is 0. The number of phenols is 1. The van der Waals surface area contributed by atoms with E-state index in [2.05, 4.69) is 9.97 Å². The molecular weight excluding hydrogens is 354 g/mol. The van der Waals surface area contributed by atoms with E-state index < -0.39 is 6.98 Å². The molecule has 1 aliphatic heterocycles. The number of rotatable bonds is 3. The van der Waals surface area contributed by atoms with Crippen LogP contribution >= 0.6 is 0 Å². The van der Waals surface area contributed by atoms with Gasteiger partial charge in [-0.1, -0.05) is 6.07 Å². The summed E-state index contributed by atoms with van der Waals surface area (Å²) in [7, 11) is 0. The summed E-state index contributed by atoms with van der Waals surface area (Å²) < 4.78 is 30.1. The number of aryl methyl sites for hydroxylation is 1. The second kappa shape index (κ2) is 6.04. The van der Waals surface area contributed by atoms with Crippen LogP contribution in [0.15, 0.2) is 24.5 Å². The molecule has 3 aromatic rings. The zero-order valence-corrected chi connectivity index (χ0v) is 15.7. The summed E-state index contributed by atoms with van der Waals surface area (Å²) in [5.74, 6) is 1.02. The van der Waals surface area contributed by atoms with Crippen molar-refractivity contribution in [2.45, 2.75) is 19.9 Å². The van der Waals surface area contributed by atoms with E-state index >= 15 is 0 Å². The highest BCUT2D eigenvalue weighted by Gasteiger charge is 2.56. The number of phenolic OH excluding ortho intramolecular Hbond substituents is 1. The SMILES string of the molecule is [2H]C([2H])([2H])N(c1cc2c(N)ncnc2c(-c2c(C)ccc(O)c2C)n1)C1[C@H]2COC[C@@H]12. The van der Waals surface area contributed by atoms with Gasteiger partial charge in [0, 0.05) is 45.5 Å². The Morgan fingerprint density at radius 3 is 2.79 bits per heavy atom. The Morgan fingerprint density at radius 2 is 2.04 bits per heavy atom.